The molecule has 7 heteroatoms. The molecule has 1 rings (SSSR count). The Hall–Kier alpha value is -1.34. The third-order valence-corrected chi connectivity index (χ3v) is 2.24. The molecule has 86 valence electrons. The maximum atomic E-state index is 10.7. The number of ether oxygens (including phenoxy) is 1. The molecule has 7 nitrogen and oxygen atoms in total. The molecule has 1 saturated heterocycles. The van der Waals surface area contributed by atoms with E-state index in [9.17, 15) is 9.59 Å². The molecular weight excluding hydrogens is 206 g/mol. The topological polar surface area (TPSA) is 107 Å². The van der Waals surface area contributed by atoms with Gasteiger partial charge in [0.25, 0.3) is 0 Å². The molecule has 0 saturated carbocycles. The van der Waals surface area contributed by atoms with Gasteiger partial charge >= 0.3 is 12.1 Å². The first-order valence-electron chi connectivity index (χ1n) is 4.51. The van der Waals surface area contributed by atoms with Crippen molar-refractivity contribution in [3.05, 3.63) is 0 Å². The number of nitrogens with zero attached hydrogens (tertiary/aromatic N) is 1. The second-order valence-corrected chi connectivity index (χ2v) is 3.24. The molecule has 1 aliphatic heterocycles. The van der Waals surface area contributed by atoms with Crippen LogP contribution in [0.2, 0.25) is 0 Å². The van der Waals surface area contributed by atoms with Crippen molar-refractivity contribution in [2.24, 2.45) is 0 Å². The Kier molecular flexibility index (Phi) is 3.87. The fourth-order valence-electron chi connectivity index (χ4n) is 1.58. The monoisotopic (exact) mass is 219 g/mol. The fraction of sp³-hybridized carbons (Fsp3) is 0.750. The lowest BCUT2D eigenvalue weighted by Gasteiger charge is -2.16. The third-order valence-electron chi connectivity index (χ3n) is 2.24. The predicted octanol–water partition coefficient (Wildman–Crippen LogP) is -0.799. The number of hydrogen-bond acceptors (Lipinski definition) is 4. The van der Waals surface area contributed by atoms with Crippen molar-refractivity contribution in [2.75, 3.05) is 19.8 Å². The average Bonchev–Trinajstić information content (AvgIpc) is 2.58. The maximum absolute atomic E-state index is 10.7. The minimum atomic E-state index is -1.27. The molecule has 0 aromatic heterocycles. The number of amides is 1. The lowest BCUT2D eigenvalue weighted by atomic mass is 10.2. The summed E-state index contributed by atoms with van der Waals surface area (Å²) in [6.45, 7) is -0.0436. The number of carboxylic acids is 1. The van der Waals surface area contributed by atoms with Crippen LogP contribution in [0.15, 0.2) is 0 Å². The molecule has 15 heavy (non-hydrogen) atoms. The highest BCUT2D eigenvalue weighted by molar-refractivity contribution is 5.80. The molecule has 0 spiro atoms. The number of rotatable bonds is 4. The molecule has 0 unspecified atom stereocenters. The zero-order valence-corrected chi connectivity index (χ0v) is 8.00. The molecule has 1 heterocycles. The quantitative estimate of drug-likeness (QED) is 0.571. The van der Waals surface area contributed by atoms with E-state index in [2.05, 4.69) is 0 Å². The highest BCUT2D eigenvalue weighted by Crippen LogP contribution is 2.20. The summed E-state index contributed by atoms with van der Waals surface area (Å²) in [6.07, 6.45) is -1.59. The maximum Gasteiger partial charge on any atom is 0.408 e. The van der Waals surface area contributed by atoms with Gasteiger partial charge in [-0.3, -0.25) is 4.90 Å². The Balaban J connectivity index is 2.57. The summed E-state index contributed by atoms with van der Waals surface area (Å²) in [6, 6.07) is -1.05. The van der Waals surface area contributed by atoms with Crippen LogP contribution in [0.1, 0.15) is 6.42 Å². The van der Waals surface area contributed by atoms with Gasteiger partial charge in [0.05, 0.1) is 25.9 Å². The second-order valence-electron chi connectivity index (χ2n) is 3.24. The molecule has 0 radical (unpaired) electrons. The highest BCUT2D eigenvalue weighted by atomic mass is 16.5. The second kappa shape index (κ2) is 4.94. The van der Waals surface area contributed by atoms with E-state index >= 15 is 0 Å². The first-order valence-corrected chi connectivity index (χ1v) is 4.51. The zero-order chi connectivity index (χ0) is 11.4. The molecule has 0 bridgehead atoms. The Morgan fingerprint density at radius 3 is 2.47 bits per heavy atom. The SMILES string of the molecule is O=C(O)[C@@H]1C[C@@H](OCCO)CN1C(=O)O. The minimum Gasteiger partial charge on any atom is -0.480 e. The van der Waals surface area contributed by atoms with Crippen LogP contribution in [0.4, 0.5) is 4.79 Å². The fourth-order valence-corrected chi connectivity index (χ4v) is 1.58. The molecule has 0 aromatic rings. The van der Waals surface area contributed by atoms with Crippen LogP contribution in [-0.2, 0) is 9.53 Å². The van der Waals surface area contributed by atoms with E-state index in [0.717, 1.165) is 4.90 Å². The van der Waals surface area contributed by atoms with Gasteiger partial charge in [-0.2, -0.15) is 0 Å². The minimum absolute atomic E-state index is 0.0340. The van der Waals surface area contributed by atoms with Crippen LogP contribution in [0.25, 0.3) is 0 Å². The van der Waals surface area contributed by atoms with Crippen LogP contribution in [0, 0.1) is 0 Å². The predicted molar refractivity (Wildman–Crippen MR) is 47.6 cm³/mol. The van der Waals surface area contributed by atoms with Gasteiger partial charge in [-0.15, -0.1) is 0 Å². The van der Waals surface area contributed by atoms with Gasteiger partial charge in [-0.05, 0) is 0 Å². The van der Waals surface area contributed by atoms with Gasteiger partial charge < -0.3 is 20.1 Å². The van der Waals surface area contributed by atoms with Gasteiger partial charge in [0.2, 0.25) is 0 Å². The van der Waals surface area contributed by atoms with E-state index in [1.807, 2.05) is 0 Å². The van der Waals surface area contributed by atoms with Gasteiger partial charge in [-0.1, -0.05) is 0 Å². The lowest BCUT2D eigenvalue weighted by molar-refractivity contribution is -0.141. The van der Waals surface area contributed by atoms with Crippen LogP contribution < -0.4 is 0 Å². The van der Waals surface area contributed by atoms with Crippen LogP contribution in [0.3, 0.4) is 0 Å². The number of likely N-dealkylation sites (tertiary alicyclic amines) is 1. The van der Waals surface area contributed by atoms with E-state index in [0.29, 0.717) is 0 Å². The summed E-state index contributed by atoms with van der Waals surface area (Å²) < 4.78 is 5.09. The van der Waals surface area contributed by atoms with Crippen LogP contribution >= 0.6 is 0 Å². The molecule has 1 amide bonds. The van der Waals surface area contributed by atoms with E-state index in [4.69, 9.17) is 20.1 Å². The molecule has 3 N–H and O–H groups in total. The van der Waals surface area contributed by atoms with E-state index in [-0.39, 0.29) is 26.2 Å². The normalized spacial score (nSPS) is 25.5. The summed E-state index contributed by atoms with van der Waals surface area (Å²) in [7, 11) is 0. The molecule has 0 aromatic carbocycles. The smallest absolute Gasteiger partial charge is 0.408 e. The Bertz CT molecular complexity index is 234. The molecule has 1 aliphatic rings. The molecule has 2 atom stereocenters. The van der Waals surface area contributed by atoms with Crippen LogP contribution in [-0.4, -0.2) is 64.2 Å². The van der Waals surface area contributed by atoms with Gasteiger partial charge in [-0.25, -0.2) is 9.59 Å². The van der Waals surface area contributed by atoms with Crippen molar-refractivity contribution in [3.63, 3.8) is 0 Å². The third kappa shape index (κ3) is 2.80. The standard InChI is InChI=1S/C8H13NO6/c10-1-2-15-5-3-6(7(11)12)9(4-5)8(13)14/h5-6,10H,1-4H2,(H,11,12)(H,13,14)/t5-,6+/m1/s1. The number of aliphatic carboxylic acids is 1. The van der Waals surface area contributed by atoms with Crippen molar-refractivity contribution in [1.29, 1.82) is 0 Å². The molecule has 1 fully saturated rings. The summed E-state index contributed by atoms with van der Waals surface area (Å²) in [5.74, 6) is -1.17. The van der Waals surface area contributed by atoms with Gasteiger partial charge in [0, 0.05) is 6.42 Å². The van der Waals surface area contributed by atoms with Crippen molar-refractivity contribution in [1.82, 2.24) is 4.90 Å². The van der Waals surface area contributed by atoms with Crippen molar-refractivity contribution >= 4 is 12.1 Å². The van der Waals surface area contributed by atoms with E-state index < -0.39 is 24.2 Å². The molecular formula is C8H13NO6. The van der Waals surface area contributed by atoms with E-state index in [1.54, 1.807) is 0 Å². The van der Waals surface area contributed by atoms with E-state index in [1.165, 1.54) is 0 Å². The summed E-state index contributed by atoms with van der Waals surface area (Å²) in [4.78, 5) is 22.3. The first kappa shape index (κ1) is 11.7. The van der Waals surface area contributed by atoms with Gasteiger partial charge in [0.1, 0.15) is 6.04 Å². The zero-order valence-electron chi connectivity index (χ0n) is 8.00. The van der Waals surface area contributed by atoms with Crippen molar-refractivity contribution < 1.29 is 29.6 Å². The number of aliphatic hydroxyl groups is 1. The summed E-state index contributed by atoms with van der Waals surface area (Å²) in [5, 5.41) is 26.0. The summed E-state index contributed by atoms with van der Waals surface area (Å²) >= 11 is 0. The Morgan fingerprint density at radius 1 is 1.40 bits per heavy atom. The number of carboxylic acid groups (broad SMARTS) is 2. The highest BCUT2D eigenvalue weighted by Gasteiger charge is 2.40. The number of aliphatic hydroxyl groups excluding tert-OH is 1. The van der Waals surface area contributed by atoms with Crippen LogP contribution in [0.5, 0.6) is 0 Å². The first-order chi connectivity index (χ1) is 7.06. The van der Waals surface area contributed by atoms with Crippen molar-refractivity contribution in [3.8, 4) is 0 Å². The average molecular weight is 219 g/mol. The number of carbonyl (C=O) groups is 2. The summed E-state index contributed by atoms with van der Waals surface area (Å²) in [5.41, 5.74) is 0. The largest absolute Gasteiger partial charge is 0.480 e. The van der Waals surface area contributed by atoms with Gasteiger partial charge in [0.15, 0.2) is 0 Å². The van der Waals surface area contributed by atoms with Crippen molar-refractivity contribution in [2.45, 2.75) is 18.6 Å². The number of hydrogen-bond donors (Lipinski definition) is 3. The Morgan fingerprint density at radius 2 is 2.07 bits per heavy atom. The molecule has 0 aliphatic carbocycles. The Labute approximate surface area is 85.9 Å². The lowest BCUT2D eigenvalue weighted by Crippen LogP contribution is -2.39.